The molecule has 3 rings (SSSR count). The van der Waals surface area contributed by atoms with E-state index >= 15 is 0 Å². The van der Waals surface area contributed by atoms with Gasteiger partial charge < -0.3 is 15.2 Å². The first kappa shape index (κ1) is 24.1. The van der Waals surface area contributed by atoms with Crippen LogP contribution in [0.4, 0.5) is 8.78 Å². The molecule has 29 heavy (non-hydrogen) atoms. The monoisotopic (exact) mass is 489 g/mol. The normalized spacial score (nSPS) is 15.0. The number of β-amino-alcohol motifs (C(OH)–C–C–N with tert-alkyl or cyclic N) is 1. The van der Waals surface area contributed by atoms with E-state index in [9.17, 15) is 13.9 Å². The van der Waals surface area contributed by atoms with Gasteiger partial charge in [-0.25, -0.2) is 4.39 Å². The number of halogens is 4. The number of fused-ring (bicyclic) bond motifs is 1. The number of nitrogens with one attached hydrogen (secondary N) is 1. The Kier molecular flexibility index (Phi) is 8.47. The predicted molar refractivity (Wildman–Crippen MR) is 117 cm³/mol. The molecule has 2 N–H and O–H groups in total. The van der Waals surface area contributed by atoms with Crippen LogP contribution in [0.15, 0.2) is 40.9 Å². The van der Waals surface area contributed by atoms with E-state index in [4.69, 9.17) is 4.74 Å². The van der Waals surface area contributed by atoms with Gasteiger partial charge in [0.2, 0.25) is 5.82 Å². The molecule has 160 valence electrons. The topological polar surface area (TPSA) is 41.5 Å². The summed E-state index contributed by atoms with van der Waals surface area (Å²) in [6.45, 7) is 4.43. The molecule has 0 amide bonds. The molecule has 0 saturated heterocycles. The third-order valence-electron chi connectivity index (χ3n) is 5.14. The zero-order chi connectivity index (χ0) is 20.3. The molecule has 3 nitrogen and oxygen atoms in total. The van der Waals surface area contributed by atoms with Gasteiger partial charge in [-0.15, -0.1) is 12.4 Å². The molecular weight excluding hydrogens is 464 g/mol. The van der Waals surface area contributed by atoms with Crippen LogP contribution in [0.1, 0.15) is 31.4 Å². The molecule has 0 bridgehead atoms. The predicted octanol–water partition coefficient (Wildman–Crippen LogP) is 5.06. The van der Waals surface area contributed by atoms with Gasteiger partial charge >= 0.3 is 0 Å². The molecule has 0 saturated carbocycles. The van der Waals surface area contributed by atoms with Crippen LogP contribution in [0.25, 0.3) is 0 Å². The Morgan fingerprint density at radius 3 is 2.45 bits per heavy atom. The minimum Gasteiger partial charge on any atom is -0.488 e. The zero-order valence-electron chi connectivity index (χ0n) is 16.6. The fraction of sp³-hybridized carbons (Fsp3) is 0.455. The molecular formula is C22H27BrClF2NO2. The second kappa shape index (κ2) is 10.2. The summed E-state index contributed by atoms with van der Waals surface area (Å²) in [6, 6.07) is 10.9. The maximum Gasteiger partial charge on any atom is 0.200 e. The molecule has 7 heteroatoms. The van der Waals surface area contributed by atoms with Crippen molar-refractivity contribution < 1.29 is 18.6 Å². The summed E-state index contributed by atoms with van der Waals surface area (Å²) in [5.41, 5.74) is 2.71. The van der Waals surface area contributed by atoms with Gasteiger partial charge in [0.25, 0.3) is 0 Å². The van der Waals surface area contributed by atoms with Crippen molar-refractivity contribution in [3.63, 3.8) is 0 Å². The highest BCUT2D eigenvalue weighted by Crippen LogP contribution is 2.32. The van der Waals surface area contributed by atoms with E-state index in [1.807, 2.05) is 0 Å². The van der Waals surface area contributed by atoms with E-state index < -0.39 is 17.7 Å². The Morgan fingerprint density at radius 1 is 1.21 bits per heavy atom. The zero-order valence-corrected chi connectivity index (χ0v) is 19.0. The Morgan fingerprint density at radius 2 is 1.83 bits per heavy atom. The maximum absolute atomic E-state index is 13.7. The fourth-order valence-corrected chi connectivity index (χ4v) is 4.27. The van der Waals surface area contributed by atoms with Gasteiger partial charge in [-0.1, -0.05) is 40.2 Å². The van der Waals surface area contributed by atoms with Gasteiger partial charge in [0.15, 0.2) is 11.6 Å². The summed E-state index contributed by atoms with van der Waals surface area (Å²) >= 11 is 3.10. The first-order chi connectivity index (χ1) is 13.2. The Hall–Kier alpha value is -1.21. The molecule has 1 aliphatic rings. The number of aliphatic hydroxyl groups is 1. The molecule has 0 fully saturated rings. The van der Waals surface area contributed by atoms with Gasteiger partial charge in [-0.3, -0.25) is 0 Å². The summed E-state index contributed by atoms with van der Waals surface area (Å²) in [5.74, 6) is -1.68. The first-order valence-corrected chi connectivity index (χ1v) is 10.3. The highest BCUT2D eigenvalue weighted by molar-refractivity contribution is 9.10. The van der Waals surface area contributed by atoms with Gasteiger partial charge in [-0.05, 0) is 62.3 Å². The summed E-state index contributed by atoms with van der Waals surface area (Å²) < 4.78 is 32.8. The van der Waals surface area contributed by atoms with Crippen LogP contribution in [0.5, 0.6) is 5.75 Å². The molecule has 1 atom stereocenters. The number of benzene rings is 2. The lowest BCUT2D eigenvalue weighted by Gasteiger charge is -2.30. The molecule has 2 aromatic rings. The number of ether oxygens (including phenoxy) is 1. The van der Waals surface area contributed by atoms with Gasteiger partial charge in [0.05, 0.1) is 0 Å². The minimum absolute atomic E-state index is 0. The van der Waals surface area contributed by atoms with E-state index in [1.165, 1.54) is 17.2 Å². The molecule has 0 aliphatic heterocycles. The van der Waals surface area contributed by atoms with Crippen LogP contribution < -0.4 is 10.1 Å². The highest BCUT2D eigenvalue weighted by atomic mass is 79.9. The molecule has 0 spiro atoms. The van der Waals surface area contributed by atoms with Crippen LogP contribution in [-0.4, -0.2) is 29.9 Å². The van der Waals surface area contributed by atoms with Crippen LogP contribution >= 0.6 is 28.3 Å². The Labute approximate surface area is 185 Å². The fourth-order valence-electron chi connectivity index (χ4n) is 3.86. The minimum atomic E-state index is -1.05. The Balaban J connectivity index is 0.00000300. The van der Waals surface area contributed by atoms with Crippen LogP contribution in [0, 0.1) is 17.6 Å². The van der Waals surface area contributed by atoms with Crippen molar-refractivity contribution in [2.75, 3.05) is 13.2 Å². The lowest BCUT2D eigenvalue weighted by Crippen LogP contribution is -2.46. The maximum atomic E-state index is 13.7. The summed E-state index contributed by atoms with van der Waals surface area (Å²) in [7, 11) is 0. The van der Waals surface area contributed by atoms with Crippen molar-refractivity contribution >= 4 is 28.3 Å². The van der Waals surface area contributed by atoms with Gasteiger partial charge in [-0.2, -0.15) is 4.39 Å². The highest BCUT2D eigenvalue weighted by Gasteiger charge is 2.28. The average molecular weight is 491 g/mol. The quantitative estimate of drug-likeness (QED) is 0.508. The Bertz CT molecular complexity index is 809. The second-order valence-corrected chi connectivity index (χ2v) is 9.09. The summed E-state index contributed by atoms with van der Waals surface area (Å²) in [4.78, 5) is 0. The van der Waals surface area contributed by atoms with Gasteiger partial charge in [0.1, 0.15) is 12.7 Å². The first-order valence-electron chi connectivity index (χ1n) is 9.51. The van der Waals surface area contributed by atoms with Crippen LogP contribution in [0.2, 0.25) is 0 Å². The average Bonchev–Trinajstić information content (AvgIpc) is 3.03. The second-order valence-electron chi connectivity index (χ2n) is 8.18. The molecule has 0 unspecified atom stereocenters. The lowest BCUT2D eigenvalue weighted by molar-refractivity contribution is 0.0942. The van der Waals surface area contributed by atoms with Crippen LogP contribution in [-0.2, 0) is 12.8 Å². The third-order valence-corrected chi connectivity index (χ3v) is 5.60. The van der Waals surface area contributed by atoms with Crippen LogP contribution in [0.3, 0.4) is 0 Å². The molecule has 1 aliphatic carbocycles. The van der Waals surface area contributed by atoms with E-state index in [0.717, 1.165) is 25.3 Å². The van der Waals surface area contributed by atoms with Crippen molar-refractivity contribution in [1.82, 2.24) is 5.32 Å². The molecule has 0 heterocycles. The van der Waals surface area contributed by atoms with E-state index in [0.29, 0.717) is 16.9 Å². The molecule has 2 aromatic carbocycles. The summed E-state index contributed by atoms with van der Waals surface area (Å²) in [5, 5.41) is 13.6. The van der Waals surface area contributed by atoms with Crippen molar-refractivity contribution in [3.8, 4) is 5.75 Å². The van der Waals surface area contributed by atoms with Crippen molar-refractivity contribution in [3.05, 3.63) is 63.6 Å². The number of hydrogen-bond acceptors (Lipinski definition) is 3. The number of aliphatic hydroxyl groups excluding tert-OH is 1. The molecule has 0 aromatic heterocycles. The summed E-state index contributed by atoms with van der Waals surface area (Å²) in [6.07, 6.45) is 2.32. The van der Waals surface area contributed by atoms with Crippen molar-refractivity contribution in [2.45, 2.75) is 44.8 Å². The van der Waals surface area contributed by atoms with Crippen molar-refractivity contribution in [2.24, 2.45) is 5.92 Å². The molecule has 0 radical (unpaired) electrons. The van der Waals surface area contributed by atoms with Crippen molar-refractivity contribution in [1.29, 1.82) is 0 Å². The largest absolute Gasteiger partial charge is 0.488 e. The smallest absolute Gasteiger partial charge is 0.200 e. The third kappa shape index (κ3) is 6.64. The number of hydrogen-bond donors (Lipinski definition) is 2. The standard InChI is InChI=1S/C22H26BrF2NO2.ClH/c1-22(2,11-14-7-15-5-3-4-6-16(15)8-14)26-12-18(27)13-28-20-10-17(23)9-19(24)21(20)25;/h3-6,9-10,14,18,26-27H,7-8,11-13H2,1-2H3;1H/t18-;/m1./s1. The van der Waals surface area contributed by atoms with Gasteiger partial charge in [0, 0.05) is 16.6 Å². The van der Waals surface area contributed by atoms with E-state index in [1.54, 1.807) is 0 Å². The van der Waals surface area contributed by atoms with E-state index in [2.05, 4.69) is 59.4 Å². The van der Waals surface area contributed by atoms with E-state index in [-0.39, 0.29) is 30.3 Å². The SMILES string of the molecule is CC(C)(CC1Cc2ccccc2C1)NC[C@@H](O)COc1cc(Br)cc(F)c1F.Cl. The lowest BCUT2D eigenvalue weighted by atomic mass is 9.88. The number of rotatable bonds is 8.